The summed E-state index contributed by atoms with van der Waals surface area (Å²) >= 11 is 0. The molecule has 0 aromatic rings. The third-order valence-corrected chi connectivity index (χ3v) is 1.41. The lowest BCUT2D eigenvalue weighted by Crippen LogP contribution is -2.44. The van der Waals surface area contributed by atoms with Gasteiger partial charge in [0.1, 0.15) is 0 Å². The lowest BCUT2D eigenvalue weighted by molar-refractivity contribution is -0.321. The molecule has 0 aliphatic heterocycles. The van der Waals surface area contributed by atoms with Gasteiger partial charge in [-0.3, -0.25) is 4.79 Å². The van der Waals surface area contributed by atoms with Crippen molar-refractivity contribution in [1.82, 2.24) is 0 Å². The summed E-state index contributed by atoms with van der Waals surface area (Å²) in [6.07, 6.45) is -15.9. The van der Waals surface area contributed by atoms with Gasteiger partial charge >= 0.3 is 18.3 Å². The van der Waals surface area contributed by atoms with Gasteiger partial charge in [0.15, 0.2) is 0 Å². The Bertz CT molecular complexity index is 219. The van der Waals surface area contributed by atoms with Crippen molar-refractivity contribution in [3.8, 4) is 0 Å². The second kappa shape index (κ2) is 5.37. The fourth-order valence-electron chi connectivity index (χ4n) is 0.799. The van der Waals surface area contributed by atoms with E-state index in [0.717, 1.165) is 0 Å². The Morgan fingerprint density at radius 1 is 1.12 bits per heavy atom. The molecule has 0 rings (SSSR count). The number of hydrogen-bond acceptors (Lipinski definition) is 2. The van der Waals surface area contributed by atoms with Crippen LogP contribution in [-0.2, 0) is 9.53 Å². The number of carboxylic acids is 1. The fraction of sp³-hybridized carbons (Fsp3) is 0.857. The molecule has 0 spiro atoms. The first kappa shape index (κ1) is 15.0. The summed E-state index contributed by atoms with van der Waals surface area (Å²) in [5, 5.41) is 8.10. The summed E-state index contributed by atoms with van der Waals surface area (Å²) in [7, 11) is 0. The first-order valence-electron chi connectivity index (χ1n) is 4.02. The van der Waals surface area contributed by atoms with Gasteiger partial charge in [0.2, 0.25) is 6.10 Å². The number of rotatable bonds is 5. The highest BCUT2D eigenvalue weighted by Crippen LogP contribution is 2.35. The van der Waals surface area contributed by atoms with Crippen LogP contribution in [0.3, 0.4) is 0 Å². The smallest absolute Gasteiger partial charge is 0.423 e. The second-order valence-electron chi connectivity index (χ2n) is 2.83. The average Bonchev–Trinajstić information content (AvgIpc) is 1.97. The van der Waals surface area contributed by atoms with E-state index in [1.54, 1.807) is 0 Å². The van der Waals surface area contributed by atoms with Gasteiger partial charge in [-0.15, -0.1) is 0 Å². The van der Waals surface area contributed by atoms with Gasteiger partial charge in [-0.2, -0.15) is 26.3 Å². The van der Waals surface area contributed by atoms with Crippen LogP contribution in [0.5, 0.6) is 0 Å². The Balaban J connectivity index is 4.21. The third-order valence-electron chi connectivity index (χ3n) is 1.41. The predicted molar refractivity (Wildman–Crippen MR) is 38.7 cm³/mol. The molecule has 16 heavy (non-hydrogen) atoms. The number of carboxylic acid groups (broad SMARTS) is 1. The molecule has 1 N–H and O–H groups in total. The van der Waals surface area contributed by atoms with E-state index in [0.29, 0.717) is 0 Å². The molecule has 0 bridgehead atoms. The maximum atomic E-state index is 11.8. The molecule has 0 aliphatic rings. The van der Waals surface area contributed by atoms with E-state index in [9.17, 15) is 31.1 Å². The molecule has 0 amide bonds. The van der Waals surface area contributed by atoms with Crippen molar-refractivity contribution in [3.05, 3.63) is 0 Å². The van der Waals surface area contributed by atoms with Gasteiger partial charge in [-0.25, -0.2) is 0 Å². The Morgan fingerprint density at radius 3 is 1.88 bits per heavy atom. The van der Waals surface area contributed by atoms with Gasteiger partial charge < -0.3 is 9.84 Å². The molecule has 96 valence electrons. The zero-order valence-corrected chi connectivity index (χ0v) is 7.73. The molecule has 0 saturated heterocycles. The first-order chi connectivity index (χ1) is 7.05. The van der Waals surface area contributed by atoms with Gasteiger partial charge in [-0.05, 0) is 6.42 Å². The summed E-state index contributed by atoms with van der Waals surface area (Å²) < 4.78 is 74.7. The van der Waals surface area contributed by atoms with E-state index in [2.05, 4.69) is 4.74 Å². The van der Waals surface area contributed by atoms with Crippen LogP contribution in [0.4, 0.5) is 26.3 Å². The van der Waals surface area contributed by atoms with Crippen LogP contribution in [-0.4, -0.2) is 36.1 Å². The van der Waals surface area contributed by atoms with Crippen LogP contribution >= 0.6 is 0 Å². The molecule has 0 atom stereocenters. The Hall–Kier alpha value is -0.990. The SMILES string of the molecule is O=C(O)CCCOC(C(F)(F)F)C(F)(F)F. The maximum Gasteiger partial charge on any atom is 0.423 e. The number of carbonyl (C=O) groups is 1. The molecule has 3 nitrogen and oxygen atoms in total. The van der Waals surface area contributed by atoms with Crippen LogP contribution in [0, 0.1) is 0 Å². The lowest BCUT2D eigenvalue weighted by Gasteiger charge is -2.22. The van der Waals surface area contributed by atoms with E-state index < -0.39 is 43.9 Å². The molecule has 0 radical (unpaired) electrons. The van der Waals surface area contributed by atoms with Crippen LogP contribution < -0.4 is 0 Å². The van der Waals surface area contributed by atoms with Crippen molar-refractivity contribution in [2.75, 3.05) is 6.61 Å². The van der Waals surface area contributed by atoms with Crippen LogP contribution in [0.1, 0.15) is 12.8 Å². The topological polar surface area (TPSA) is 46.5 Å². The largest absolute Gasteiger partial charge is 0.481 e. The van der Waals surface area contributed by atoms with E-state index in [-0.39, 0.29) is 0 Å². The van der Waals surface area contributed by atoms with E-state index in [4.69, 9.17) is 5.11 Å². The van der Waals surface area contributed by atoms with E-state index >= 15 is 0 Å². The van der Waals surface area contributed by atoms with Gasteiger partial charge in [-0.1, -0.05) is 0 Å². The highest BCUT2D eigenvalue weighted by atomic mass is 19.4. The monoisotopic (exact) mass is 254 g/mol. The van der Waals surface area contributed by atoms with Crippen LogP contribution in [0.15, 0.2) is 0 Å². The number of aliphatic carboxylic acids is 1. The van der Waals surface area contributed by atoms with Crippen molar-refractivity contribution in [2.45, 2.75) is 31.3 Å². The molecule has 0 heterocycles. The highest BCUT2D eigenvalue weighted by Gasteiger charge is 2.57. The first-order valence-corrected chi connectivity index (χ1v) is 4.02. The molecule has 0 fully saturated rings. The Kier molecular flexibility index (Phi) is 5.04. The molecule has 0 aliphatic carbocycles. The molecular weight excluding hydrogens is 246 g/mol. The highest BCUT2D eigenvalue weighted by molar-refractivity contribution is 5.66. The number of alkyl halides is 6. The molecule has 0 unspecified atom stereocenters. The average molecular weight is 254 g/mol. The second-order valence-corrected chi connectivity index (χ2v) is 2.83. The van der Waals surface area contributed by atoms with Crippen LogP contribution in [0.2, 0.25) is 0 Å². The fourth-order valence-corrected chi connectivity index (χ4v) is 0.799. The quantitative estimate of drug-likeness (QED) is 0.605. The Morgan fingerprint density at radius 2 is 1.56 bits per heavy atom. The minimum absolute atomic E-state index is 0.419. The van der Waals surface area contributed by atoms with Crippen molar-refractivity contribution in [2.24, 2.45) is 0 Å². The van der Waals surface area contributed by atoms with Crippen molar-refractivity contribution < 1.29 is 41.0 Å². The molecule has 0 aromatic carbocycles. The summed E-state index contributed by atoms with van der Waals surface area (Å²) in [6, 6.07) is 0. The predicted octanol–water partition coefficient (Wildman–Crippen LogP) is 2.36. The zero-order chi connectivity index (χ0) is 13.0. The summed E-state index contributed by atoms with van der Waals surface area (Å²) in [5.41, 5.74) is 0. The molecular formula is C7H8F6O3. The number of halogens is 6. The van der Waals surface area contributed by atoms with E-state index in [1.165, 1.54) is 0 Å². The van der Waals surface area contributed by atoms with Gasteiger partial charge in [0, 0.05) is 13.0 Å². The van der Waals surface area contributed by atoms with E-state index in [1.807, 2.05) is 0 Å². The zero-order valence-electron chi connectivity index (χ0n) is 7.73. The van der Waals surface area contributed by atoms with Crippen molar-refractivity contribution in [1.29, 1.82) is 0 Å². The molecule has 0 aromatic heterocycles. The number of ether oxygens (including phenoxy) is 1. The minimum Gasteiger partial charge on any atom is -0.481 e. The molecule has 0 saturated carbocycles. The van der Waals surface area contributed by atoms with Crippen molar-refractivity contribution in [3.63, 3.8) is 0 Å². The summed E-state index contributed by atoms with van der Waals surface area (Å²) in [6.45, 7) is -0.921. The summed E-state index contributed by atoms with van der Waals surface area (Å²) in [4.78, 5) is 9.94. The van der Waals surface area contributed by atoms with Crippen molar-refractivity contribution >= 4 is 5.97 Å². The Labute approximate surface area is 86.0 Å². The maximum absolute atomic E-state index is 11.8. The van der Waals surface area contributed by atoms with Gasteiger partial charge in [0.05, 0.1) is 0 Å². The lowest BCUT2D eigenvalue weighted by atomic mass is 10.3. The van der Waals surface area contributed by atoms with Crippen LogP contribution in [0.25, 0.3) is 0 Å². The summed E-state index contributed by atoms with van der Waals surface area (Å²) in [5.74, 6) is -1.32. The van der Waals surface area contributed by atoms with Gasteiger partial charge in [0.25, 0.3) is 0 Å². The number of hydrogen-bond donors (Lipinski definition) is 1. The minimum atomic E-state index is -5.55. The third kappa shape index (κ3) is 5.79. The standard InChI is InChI=1S/C7H8F6O3/c8-6(9,10)5(7(11,12)13)16-3-1-2-4(14)15/h5H,1-3H2,(H,14,15). The molecule has 9 heteroatoms. The normalized spacial score (nSPS) is 13.2.